The molecule has 84 valence electrons. The molecule has 0 aliphatic carbocycles. The molecule has 0 rings (SSSR count). The Morgan fingerprint density at radius 1 is 1.64 bits per heavy atom. The van der Waals surface area contributed by atoms with E-state index in [9.17, 15) is 4.79 Å². The molecule has 1 amide bonds. The van der Waals surface area contributed by atoms with Crippen LogP contribution in [-0.2, 0) is 21.3 Å². The van der Waals surface area contributed by atoms with Gasteiger partial charge in [0.15, 0.2) is 0 Å². The third kappa shape index (κ3) is 4.64. The number of rotatable bonds is 5. The smallest absolute Gasteiger partial charge is 0.411 e. The van der Waals surface area contributed by atoms with Crippen LogP contribution in [-0.4, -0.2) is 25.7 Å². The zero-order valence-electron chi connectivity index (χ0n) is 8.52. The predicted molar refractivity (Wildman–Crippen MR) is 64.5 cm³/mol. The minimum atomic E-state index is -2.31. The largest absolute Gasteiger partial charge is 0.453 e. The van der Waals surface area contributed by atoms with Crippen LogP contribution in [0.3, 0.4) is 0 Å². The molecule has 0 bridgehead atoms. The van der Waals surface area contributed by atoms with E-state index in [1.165, 1.54) is 7.11 Å². The highest BCUT2D eigenvalue weighted by molar-refractivity contribution is 8.63. The average molecular weight is 257 g/mol. The van der Waals surface area contributed by atoms with Crippen molar-refractivity contribution in [2.24, 2.45) is 0 Å². The fraction of sp³-hybridized carbons (Fsp3) is 0.857. The van der Waals surface area contributed by atoms with Crippen LogP contribution in [0.15, 0.2) is 0 Å². The molecule has 2 unspecified atom stereocenters. The summed E-state index contributed by atoms with van der Waals surface area (Å²) in [6.07, 6.45) is 0.167. The molecule has 0 heterocycles. The molecule has 4 nitrogen and oxygen atoms in total. The van der Waals surface area contributed by atoms with E-state index in [-0.39, 0.29) is 5.85 Å². The van der Waals surface area contributed by atoms with E-state index in [4.69, 9.17) is 16.5 Å². The van der Waals surface area contributed by atoms with E-state index in [0.717, 1.165) is 6.42 Å². The molecule has 1 N–H and O–H groups in total. The molecule has 2 atom stereocenters. The third-order valence-electron chi connectivity index (χ3n) is 1.54. The van der Waals surface area contributed by atoms with Gasteiger partial charge in [-0.2, -0.15) is 0 Å². The lowest BCUT2D eigenvalue weighted by Crippen LogP contribution is -2.25. The Hall–Kier alpha value is 0.230. The number of methoxy groups -OCH3 is 1. The van der Waals surface area contributed by atoms with E-state index < -0.39 is 11.5 Å². The number of ether oxygens (including phenoxy) is 2. The normalized spacial score (nSPS) is 16.9. The highest BCUT2D eigenvalue weighted by Gasteiger charge is 2.26. The fourth-order valence-electron chi connectivity index (χ4n) is 0.907. The van der Waals surface area contributed by atoms with Crippen LogP contribution in [0.4, 0.5) is 4.79 Å². The summed E-state index contributed by atoms with van der Waals surface area (Å²) < 4.78 is 9.87. The number of hydrogen-bond donors (Lipinski definition) is 2. The minimum Gasteiger partial charge on any atom is -0.453 e. The maximum Gasteiger partial charge on any atom is 0.411 e. The van der Waals surface area contributed by atoms with E-state index >= 15 is 0 Å². The Kier molecular flexibility index (Phi) is 6.78. The summed E-state index contributed by atoms with van der Waals surface area (Å²) in [7, 11) is 1.29. The summed E-state index contributed by atoms with van der Waals surface area (Å²) in [5, 5.41) is 0.235. The maximum atomic E-state index is 11.0. The monoisotopic (exact) mass is 257 g/mol. The van der Waals surface area contributed by atoms with Gasteiger partial charge in [0.2, 0.25) is 0 Å². The second-order valence-corrected chi connectivity index (χ2v) is 9.02. The van der Waals surface area contributed by atoms with Crippen molar-refractivity contribution in [2.45, 2.75) is 26.1 Å². The molecule has 14 heavy (non-hydrogen) atoms. The molecule has 0 aromatic heterocycles. The quantitative estimate of drug-likeness (QED) is 0.586. The second kappa shape index (κ2) is 6.67. The van der Waals surface area contributed by atoms with Crippen LogP contribution in [0.5, 0.6) is 0 Å². The van der Waals surface area contributed by atoms with Gasteiger partial charge in [-0.05, 0) is 13.3 Å². The Labute approximate surface area is 94.9 Å². The van der Waals surface area contributed by atoms with Gasteiger partial charge < -0.3 is 9.47 Å². The topological polar surface area (TPSA) is 47.6 Å². The molecular weight excluding hydrogens is 241 g/mol. The second-order valence-electron chi connectivity index (χ2n) is 2.54. The number of carbonyl (C=O) groups excluding carboxylic acids is 1. The SMILES string of the molecule is CCOC(CC)P(=S)(S)NC(=O)OC. The first-order valence-electron chi connectivity index (χ1n) is 4.28. The molecule has 0 aromatic rings. The molecule has 0 aliphatic heterocycles. The van der Waals surface area contributed by atoms with Crippen molar-refractivity contribution >= 4 is 35.5 Å². The first-order chi connectivity index (χ1) is 6.47. The van der Waals surface area contributed by atoms with Crippen molar-refractivity contribution in [3.63, 3.8) is 0 Å². The Morgan fingerprint density at radius 2 is 2.21 bits per heavy atom. The number of nitrogens with one attached hydrogen (secondary N) is 1. The van der Waals surface area contributed by atoms with E-state index in [2.05, 4.69) is 22.1 Å². The van der Waals surface area contributed by atoms with Crippen molar-refractivity contribution in [2.75, 3.05) is 13.7 Å². The molecule has 0 radical (unpaired) electrons. The van der Waals surface area contributed by atoms with Crippen LogP contribution in [0.1, 0.15) is 20.3 Å². The summed E-state index contributed by atoms with van der Waals surface area (Å²) in [5.41, 5.74) is 0. The lowest BCUT2D eigenvalue weighted by Gasteiger charge is -2.25. The number of amides is 1. The number of hydrogen-bond acceptors (Lipinski definition) is 4. The summed E-state index contributed by atoms with van der Waals surface area (Å²) in [5.74, 6) is -0.204. The summed E-state index contributed by atoms with van der Waals surface area (Å²) >= 11 is 9.49. The van der Waals surface area contributed by atoms with Gasteiger partial charge >= 0.3 is 6.09 Å². The molecular formula is C7H16NO3PS2. The van der Waals surface area contributed by atoms with Crippen LogP contribution >= 0.6 is 17.6 Å². The van der Waals surface area contributed by atoms with Crippen LogP contribution in [0.2, 0.25) is 0 Å². The minimum absolute atomic E-state index is 0.204. The zero-order valence-corrected chi connectivity index (χ0v) is 11.1. The Bertz CT molecular complexity index is 237. The molecule has 0 spiro atoms. The van der Waals surface area contributed by atoms with Crippen LogP contribution in [0.25, 0.3) is 0 Å². The lowest BCUT2D eigenvalue weighted by atomic mass is 10.5. The summed E-state index contributed by atoms with van der Waals surface area (Å²) in [6, 6.07) is 0. The highest BCUT2D eigenvalue weighted by atomic mass is 32.9. The highest BCUT2D eigenvalue weighted by Crippen LogP contribution is 2.53. The third-order valence-corrected chi connectivity index (χ3v) is 5.39. The van der Waals surface area contributed by atoms with Gasteiger partial charge in [-0.3, -0.25) is 5.09 Å². The van der Waals surface area contributed by atoms with Gasteiger partial charge in [0.1, 0.15) is 11.2 Å². The van der Waals surface area contributed by atoms with Crippen LogP contribution in [0, 0.1) is 0 Å². The molecule has 0 aromatic carbocycles. The van der Waals surface area contributed by atoms with Gasteiger partial charge in [-0.15, -0.1) is 12.2 Å². The number of carbonyl (C=O) groups is 1. The fourth-order valence-corrected chi connectivity index (χ4v) is 4.04. The summed E-state index contributed by atoms with van der Waals surface area (Å²) in [4.78, 5) is 11.0. The molecule has 0 aliphatic rings. The molecule has 0 saturated heterocycles. The molecule has 7 heteroatoms. The van der Waals surface area contributed by atoms with Gasteiger partial charge in [-0.1, -0.05) is 18.7 Å². The van der Waals surface area contributed by atoms with Crippen molar-refractivity contribution in [3.8, 4) is 0 Å². The summed E-state index contributed by atoms with van der Waals surface area (Å²) in [6.45, 7) is 4.38. The van der Waals surface area contributed by atoms with Gasteiger partial charge in [0, 0.05) is 6.61 Å². The van der Waals surface area contributed by atoms with Gasteiger partial charge in [0.25, 0.3) is 0 Å². The van der Waals surface area contributed by atoms with Crippen molar-refractivity contribution < 1.29 is 14.3 Å². The standard InChI is InChI=1S/C7H16NO3PS2/c1-4-6(11-5-2)12(13,14)8-7(9)10-3/h6H,4-5H2,1-3H3,(H2,8,9,13,14). The first-order valence-corrected chi connectivity index (χ1v) is 8.30. The van der Waals surface area contributed by atoms with E-state index in [1.807, 2.05) is 13.8 Å². The van der Waals surface area contributed by atoms with Crippen molar-refractivity contribution in [1.82, 2.24) is 5.09 Å². The lowest BCUT2D eigenvalue weighted by molar-refractivity contribution is 0.118. The Morgan fingerprint density at radius 3 is 2.57 bits per heavy atom. The van der Waals surface area contributed by atoms with Gasteiger partial charge in [-0.25, -0.2) is 4.79 Å². The first kappa shape index (κ1) is 14.2. The van der Waals surface area contributed by atoms with E-state index in [1.54, 1.807) is 0 Å². The molecule has 0 saturated carbocycles. The van der Waals surface area contributed by atoms with Gasteiger partial charge in [0.05, 0.1) is 7.11 Å². The zero-order chi connectivity index (χ0) is 11.2. The maximum absolute atomic E-state index is 11.0. The molecule has 0 fully saturated rings. The van der Waals surface area contributed by atoms with E-state index in [0.29, 0.717) is 6.61 Å². The van der Waals surface area contributed by atoms with Crippen molar-refractivity contribution in [3.05, 3.63) is 0 Å². The Balaban J connectivity index is 4.40. The van der Waals surface area contributed by atoms with Crippen LogP contribution < -0.4 is 5.09 Å². The van der Waals surface area contributed by atoms with Crippen molar-refractivity contribution in [1.29, 1.82) is 0 Å². The predicted octanol–water partition coefficient (Wildman–Crippen LogP) is 2.35. The number of thiol groups is 1. The average Bonchev–Trinajstić information content (AvgIpc) is 2.12.